The number of nitrogens with zero attached hydrogens (tertiary/aromatic N) is 3. The van der Waals surface area contributed by atoms with Crippen molar-refractivity contribution in [2.24, 2.45) is 0 Å². The Morgan fingerprint density at radius 1 is 1.56 bits per heavy atom. The fourth-order valence-corrected chi connectivity index (χ4v) is 1.47. The third-order valence-corrected chi connectivity index (χ3v) is 2.32. The number of tetrazole rings is 1. The first kappa shape index (κ1) is 12.0. The Labute approximate surface area is 102 Å². The monoisotopic (exact) mass is 250 g/mol. The molecule has 4 N–H and O–H groups in total. The normalized spacial score (nSPS) is 10.3. The average molecular weight is 250 g/mol. The second-order valence-electron chi connectivity index (χ2n) is 3.71. The SMILES string of the molecule is Cc1cc(N)cc(C(=O)NCc2nn[nH]n2)c1F. The molecule has 0 aliphatic rings. The second-order valence-corrected chi connectivity index (χ2v) is 3.71. The minimum atomic E-state index is -0.588. The number of benzene rings is 1. The summed E-state index contributed by atoms with van der Waals surface area (Å²) in [6.45, 7) is 1.60. The first-order valence-corrected chi connectivity index (χ1v) is 5.14. The molecule has 7 nitrogen and oxygen atoms in total. The van der Waals surface area contributed by atoms with Gasteiger partial charge < -0.3 is 11.1 Å². The van der Waals surface area contributed by atoms with Crippen LogP contribution < -0.4 is 11.1 Å². The molecule has 1 aromatic carbocycles. The van der Waals surface area contributed by atoms with Crippen molar-refractivity contribution in [3.8, 4) is 0 Å². The number of aromatic amines is 1. The van der Waals surface area contributed by atoms with Crippen LogP contribution in [-0.4, -0.2) is 26.5 Å². The van der Waals surface area contributed by atoms with Crippen molar-refractivity contribution >= 4 is 11.6 Å². The van der Waals surface area contributed by atoms with Crippen LogP contribution in [0.4, 0.5) is 10.1 Å². The highest BCUT2D eigenvalue weighted by atomic mass is 19.1. The van der Waals surface area contributed by atoms with E-state index in [0.29, 0.717) is 17.1 Å². The molecule has 0 spiro atoms. The lowest BCUT2D eigenvalue weighted by molar-refractivity contribution is 0.0945. The van der Waals surface area contributed by atoms with Gasteiger partial charge in [0.2, 0.25) is 0 Å². The highest BCUT2D eigenvalue weighted by molar-refractivity contribution is 5.95. The molecule has 1 heterocycles. The first-order valence-electron chi connectivity index (χ1n) is 5.14. The van der Waals surface area contributed by atoms with Crippen molar-refractivity contribution in [3.05, 3.63) is 34.9 Å². The smallest absolute Gasteiger partial charge is 0.254 e. The summed E-state index contributed by atoms with van der Waals surface area (Å²) in [6.07, 6.45) is 0. The zero-order valence-corrected chi connectivity index (χ0v) is 9.57. The molecular formula is C10H11FN6O. The molecule has 0 saturated heterocycles. The molecule has 0 bridgehead atoms. The van der Waals surface area contributed by atoms with Gasteiger partial charge in [0.25, 0.3) is 5.91 Å². The molecule has 0 radical (unpaired) electrons. The van der Waals surface area contributed by atoms with Crippen LogP contribution in [0.25, 0.3) is 0 Å². The summed E-state index contributed by atoms with van der Waals surface area (Å²) in [4.78, 5) is 11.8. The van der Waals surface area contributed by atoms with Crippen LogP contribution in [0.2, 0.25) is 0 Å². The molecular weight excluding hydrogens is 239 g/mol. The van der Waals surface area contributed by atoms with Gasteiger partial charge in [-0.05, 0) is 24.6 Å². The maximum Gasteiger partial charge on any atom is 0.254 e. The van der Waals surface area contributed by atoms with Crippen molar-refractivity contribution in [1.82, 2.24) is 25.9 Å². The first-order chi connectivity index (χ1) is 8.58. The Kier molecular flexibility index (Phi) is 3.18. The van der Waals surface area contributed by atoms with Gasteiger partial charge in [-0.2, -0.15) is 5.21 Å². The number of amides is 1. The molecule has 0 fully saturated rings. The van der Waals surface area contributed by atoms with Crippen LogP contribution in [0.15, 0.2) is 12.1 Å². The maximum absolute atomic E-state index is 13.7. The Balaban J connectivity index is 2.14. The van der Waals surface area contributed by atoms with Crippen molar-refractivity contribution in [2.45, 2.75) is 13.5 Å². The highest BCUT2D eigenvalue weighted by Crippen LogP contribution is 2.16. The predicted octanol–water partition coefficient (Wildman–Crippen LogP) is 0.159. The predicted molar refractivity (Wildman–Crippen MR) is 60.9 cm³/mol. The summed E-state index contributed by atoms with van der Waals surface area (Å²) in [7, 11) is 0. The van der Waals surface area contributed by atoms with Gasteiger partial charge in [-0.1, -0.05) is 5.21 Å². The van der Waals surface area contributed by atoms with Crippen LogP contribution in [0.5, 0.6) is 0 Å². The zero-order valence-electron chi connectivity index (χ0n) is 9.57. The molecule has 0 saturated carbocycles. The fourth-order valence-electron chi connectivity index (χ4n) is 1.47. The van der Waals surface area contributed by atoms with Crippen LogP contribution >= 0.6 is 0 Å². The number of halogens is 1. The van der Waals surface area contributed by atoms with Crippen molar-refractivity contribution in [2.75, 3.05) is 5.73 Å². The second kappa shape index (κ2) is 4.78. The number of carbonyl (C=O) groups excluding carboxylic acids is 1. The minimum absolute atomic E-state index is 0.0582. The van der Waals surface area contributed by atoms with Gasteiger partial charge in [-0.15, -0.1) is 10.2 Å². The average Bonchev–Trinajstić information content (AvgIpc) is 2.83. The van der Waals surface area contributed by atoms with E-state index < -0.39 is 11.7 Å². The van der Waals surface area contributed by atoms with Gasteiger partial charge >= 0.3 is 0 Å². The van der Waals surface area contributed by atoms with Crippen LogP contribution in [0, 0.1) is 12.7 Å². The Bertz CT molecular complexity index is 568. The lowest BCUT2D eigenvalue weighted by atomic mass is 10.1. The summed E-state index contributed by atoms with van der Waals surface area (Å²) in [5.74, 6) is -0.855. The molecule has 0 atom stereocenters. The third kappa shape index (κ3) is 2.42. The molecule has 1 amide bonds. The maximum atomic E-state index is 13.7. The lowest BCUT2D eigenvalue weighted by Crippen LogP contribution is -2.25. The standard InChI is InChI=1S/C10H11FN6O/c1-5-2-6(12)3-7(9(5)11)10(18)13-4-8-14-16-17-15-8/h2-3H,4,12H2,1H3,(H,13,18)(H,14,15,16,17). The number of nitrogen functional groups attached to an aromatic ring is 1. The van der Waals surface area contributed by atoms with Crippen LogP contribution in [-0.2, 0) is 6.54 Å². The van der Waals surface area contributed by atoms with E-state index in [1.54, 1.807) is 6.92 Å². The summed E-state index contributed by atoms with van der Waals surface area (Å²) >= 11 is 0. The van der Waals surface area contributed by atoms with Gasteiger partial charge in [0, 0.05) is 5.69 Å². The number of H-pyrrole nitrogens is 1. The van der Waals surface area contributed by atoms with Crippen molar-refractivity contribution in [3.63, 3.8) is 0 Å². The quantitative estimate of drug-likeness (QED) is 0.672. The van der Waals surface area contributed by atoms with E-state index in [9.17, 15) is 9.18 Å². The molecule has 0 unspecified atom stereocenters. The highest BCUT2D eigenvalue weighted by Gasteiger charge is 2.14. The Morgan fingerprint density at radius 3 is 3.00 bits per heavy atom. The lowest BCUT2D eigenvalue weighted by Gasteiger charge is -2.07. The molecule has 1 aromatic heterocycles. The van der Waals surface area contributed by atoms with E-state index in [0.717, 1.165) is 0 Å². The molecule has 0 aliphatic heterocycles. The summed E-state index contributed by atoms with van der Waals surface area (Å²) in [5, 5.41) is 15.4. The number of anilines is 1. The van der Waals surface area contributed by atoms with Crippen LogP contribution in [0.3, 0.4) is 0 Å². The molecule has 94 valence electrons. The summed E-state index contributed by atoms with van der Waals surface area (Å²) in [6, 6.07) is 2.75. The summed E-state index contributed by atoms with van der Waals surface area (Å²) in [5.41, 5.74) is 6.12. The van der Waals surface area contributed by atoms with E-state index in [4.69, 9.17) is 5.73 Å². The molecule has 2 rings (SSSR count). The van der Waals surface area contributed by atoms with Gasteiger partial charge in [-0.25, -0.2) is 4.39 Å². The summed E-state index contributed by atoms with van der Waals surface area (Å²) < 4.78 is 13.7. The van der Waals surface area contributed by atoms with E-state index in [2.05, 4.69) is 25.9 Å². The number of hydrogen-bond acceptors (Lipinski definition) is 5. The van der Waals surface area contributed by atoms with Crippen molar-refractivity contribution < 1.29 is 9.18 Å². The third-order valence-electron chi connectivity index (χ3n) is 2.32. The molecule has 18 heavy (non-hydrogen) atoms. The van der Waals surface area contributed by atoms with Crippen LogP contribution in [0.1, 0.15) is 21.7 Å². The van der Waals surface area contributed by atoms with E-state index in [1.165, 1.54) is 12.1 Å². The Hall–Kier alpha value is -2.51. The fraction of sp³-hybridized carbons (Fsp3) is 0.200. The van der Waals surface area contributed by atoms with Crippen molar-refractivity contribution in [1.29, 1.82) is 0 Å². The topological polar surface area (TPSA) is 110 Å². The molecule has 8 heteroatoms. The number of hydrogen-bond donors (Lipinski definition) is 3. The van der Waals surface area contributed by atoms with Gasteiger partial charge in [-0.3, -0.25) is 4.79 Å². The zero-order chi connectivity index (χ0) is 13.1. The van der Waals surface area contributed by atoms with E-state index >= 15 is 0 Å². The number of aryl methyl sites for hydroxylation is 1. The molecule has 2 aromatic rings. The van der Waals surface area contributed by atoms with Gasteiger partial charge in [0.1, 0.15) is 5.82 Å². The van der Waals surface area contributed by atoms with Gasteiger partial charge in [0.15, 0.2) is 5.82 Å². The number of carbonyl (C=O) groups is 1. The van der Waals surface area contributed by atoms with Gasteiger partial charge in [0.05, 0.1) is 12.1 Å². The number of nitrogens with two attached hydrogens (primary N) is 1. The van der Waals surface area contributed by atoms with E-state index in [1.807, 2.05) is 0 Å². The van der Waals surface area contributed by atoms with E-state index in [-0.39, 0.29) is 12.1 Å². The minimum Gasteiger partial charge on any atom is -0.399 e. The largest absolute Gasteiger partial charge is 0.399 e. The number of aromatic nitrogens is 4. The number of nitrogens with one attached hydrogen (secondary N) is 2. The number of rotatable bonds is 3. The Morgan fingerprint density at radius 2 is 2.33 bits per heavy atom. The molecule has 0 aliphatic carbocycles.